The maximum atomic E-state index is 9.66. The van der Waals surface area contributed by atoms with Crippen molar-refractivity contribution >= 4 is 5.96 Å². The standard InChI is InChI=1S/C26H38N4O/c1-4-27-25(29-20-26(2,3)23-8-6-5-7-9-23)28-18-21-10-12-22(13-11-21)19-30-16-14-24(31)15-17-30/h5-13,24,31H,4,14-20H2,1-3H3,(H2,27,28,29). The normalized spacial score (nSPS) is 16.3. The molecule has 1 heterocycles. The molecule has 0 bridgehead atoms. The molecule has 1 fully saturated rings. The summed E-state index contributed by atoms with van der Waals surface area (Å²) in [6, 6.07) is 19.4. The lowest BCUT2D eigenvalue weighted by atomic mass is 9.85. The Morgan fingerprint density at radius 1 is 1.00 bits per heavy atom. The van der Waals surface area contributed by atoms with Crippen LogP contribution in [-0.2, 0) is 18.5 Å². The molecule has 5 heteroatoms. The average molecular weight is 423 g/mol. The Morgan fingerprint density at radius 2 is 1.65 bits per heavy atom. The van der Waals surface area contributed by atoms with Gasteiger partial charge in [-0.15, -0.1) is 0 Å². The summed E-state index contributed by atoms with van der Waals surface area (Å²) < 4.78 is 0. The van der Waals surface area contributed by atoms with Crippen molar-refractivity contribution in [1.82, 2.24) is 15.5 Å². The van der Waals surface area contributed by atoms with Crippen molar-refractivity contribution in [3.63, 3.8) is 0 Å². The number of nitrogens with zero attached hydrogens (tertiary/aromatic N) is 2. The molecule has 31 heavy (non-hydrogen) atoms. The summed E-state index contributed by atoms with van der Waals surface area (Å²) >= 11 is 0. The Labute approximate surface area is 187 Å². The molecular formula is C26H38N4O. The van der Waals surface area contributed by atoms with E-state index in [0.717, 1.165) is 51.5 Å². The van der Waals surface area contributed by atoms with Gasteiger partial charge in [0.25, 0.3) is 0 Å². The van der Waals surface area contributed by atoms with Gasteiger partial charge in [0.2, 0.25) is 0 Å². The van der Waals surface area contributed by atoms with Crippen LogP contribution in [0, 0.1) is 0 Å². The van der Waals surface area contributed by atoms with E-state index in [1.54, 1.807) is 0 Å². The number of guanidine groups is 1. The number of rotatable bonds is 8. The number of hydrogen-bond acceptors (Lipinski definition) is 3. The van der Waals surface area contributed by atoms with E-state index in [0.29, 0.717) is 6.54 Å². The topological polar surface area (TPSA) is 59.9 Å². The maximum Gasteiger partial charge on any atom is 0.191 e. The first-order valence-corrected chi connectivity index (χ1v) is 11.5. The summed E-state index contributed by atoms with van der Waals surface area (Å²) in [6.45, 7) is 11.8. The lowest BCUT2D eigenvalue weighted by Crippen LogP contribution is -2.43. The van der Waals surface area contributed by atoms with E-state index in [1.165, 1.54) is 16.7 Å². The highest BCUT2D eigenvalue weighted by Crippen LogP contribution is 2.21. The molecule has 0 unspecified atom stereocenters. The highest BCUT2D eigenvalue weighted by atomic mass is 16.3. The molecule has 0 saturated carbocycles. The van der Waals surface area contributed by atoms with E-state index in [4.69, 9.17) is 4.99 Å². The molecule has 1 aliphatic rings. The van der Waals surface area contributed by atoms with E-state index >= 15 is 0 Å². The van der Waals surface area contributed by atoms with Crippen molar-refractivity contribution in [3.8, 4) is 0 Å². The number of likely N-dealkylation sites (tertiary alicyclic amines) is 1. The van der Waals surface area contributed by atoms with E-state index in [-0.39, 0.29) is 11.5 Å². The molecule has 0 atom stereocenters. The highest BCUT2D eigenvalue weighted by Gasteiger charge is 2.20. The minimum Gasteiger partial charge on any atom is -0.393 e. The number of hydrogen-bond donors (Lipinski definition) is 3. The zero-order valence-corrected chi connectivity index (χ0v) is 19.3. The Morgan fingerprint density at radius 3 is 2.29 bits per heavy atom. The fourth-order valence-corrected chi connectivity index (χ4v) is 3.89. The van der Waals surface area contributed by atoms with Gasteiger partial charge >= 0.3 is 0 Å². The second-order valence-electron chi connectivity index (χ2n) is 9.12. The van der Waals surface area contributed by atoms with Crippen LogP contribution in [0.15, 0.2) is 59.6 Å². The second kappa shape index (κ2) is 11.3. The molecule has 1 aliphatic heterocycles. The third kappa shape index (κ3) is 7.37. The number of aliphatic hydroxyl groups excluding tert-OH is 1. The Kier molecular flexibility index (Phi) is 8.50. The fourth-order valence-electron chi connectivity index (χ4n) is 3.89. The van der Waals surface area contributed by atoms with Crippen LogP contribution in [0.4, 0.5) is 0 Å². The van der Waals surface area contributed by atoms with Crippen molar-refractivity contribution in [3.05, 3.63) is 71.3 Å². The van der Waals surface area contributed by atoms with Crippen molar-refractivity contribution in [2.75, 3.05) is 26.2 Å². The Bertz CT molecular complexity index is 809. The largest absolute Gasteiger partial charge is 0.393 e. The van der Waals surface area contributed by atoms with Gasteiger partial charge in [0.15, 0.2) is 5.96 Å². The van der Waals surface area contributed by atoms with Gasteiger partial charge in [0.05, 0.1) is 12.6 Å². The van der Waals surface area contributed by atoms with Crippen LogP contribution in [0.25, 0.3) is 0 Å². The molecule has 0 radical (unpaired) electrons. The molecule has 3 N–H and O–H groups in total. The summed E-state index contributed by atoms with van der Waals surface area (Å²) in [4.78, 5) is 7.21. The third-order valence-electron chi connectivity index (χ3n) is 6.00. The van der Waals surface area contributed by atoms with Crippen LogP contribution in [-0.4, -0.2) is 48.2 Å². The molecule has 2 aromatic rings. The number of piperidine rings is 1. The maximum absolute atomic E-state index is 9.66. The quantitative estimate of drug-likeness (QED) is 0.449. The smallest absolute Gasteiger partial charge is 0.191 e. The molecule has 0 aromatic heterocycles. The van der Waals surface area contributed by atoms with Gasteiger partial charge in [-0.05, 0) is 36.5 Å². The summed E-state index contributed by atoms with van der Waals surface area (Å²) in [5.74, 6) is 0.849. The fraction of sp³-hybridized carbons (Fsp3) is 0.500. The van der Waals surface area contributed by atoms with Crippen molar-refractivity contribution in [1.29, 1.82) is 0 Å². The SMILES string of the molecule is CCNC(=NCc1ccc(CN2CCC(O)CC2)cc1)NCC(C)(C)c1ccccc1. The molecule has 0 amide bonds. The van der Waals surface area contributed by atoms with Gasteiger partial charge in [0, 0.05) is 38.1 Å². The van der Waals surface area contributed by atoms with Crippen LogP contribution >= 0.6 is 0 Å². The van der Waals surface area contributed by atoms with Gasteiger partial charge in [-0.1, -0.05) is 68.4 Å². The van der Waals surface area contributed by atoms with Crippen LogP contribution < -0.4 is 10.6 Å². The molecule has 1 saturated heterocycles. The van der Waals surface area contributed by atoms with E-state index in [2.05, 4.69) is 90.9 Å². The summed E-state index contributed by atoms with van der Waals surface area (Å²) in [5, 5.41) is 16.5. The van der Waals surface area contributed by atoms with Crippen molar-refractivity contribution in [2.24, 2.45) is 4.99 Å². The Hall–Kier alpha value is -2.37. The molecule has 0 spiro atoms. The van der Waals surface area contributed by atoms with E-state index in [9.17, 15) is 5.11 Å². The summed E-state index contributed by atoms with van der Waals surface area (Å²) in [6.07, 6.45) is 1.65. The van der Waals surface area contributed by atoms with Crippen LogP contribution in [0.5, 0.6) is 0 Å². The first kappa shape index (κ1) is 23.3. The molecule has 0 aliphatic carbocycles. The monoisotopic (exact) mass is 422 g/mol. The molecule has 3 rings (SSSR count). The second-order valence-corrected chi connectivity index (χ2v) is 9.12. The third-order valence-corrected chi connectivity index (χ3v) is 6.00. The predicted octanol–water partition coefficient (Wildman–Crippen LogP) is 3.68. The lowest BCUT2D eigenvalue weighted by molar-refractivity contribution is 0.0792. The first-order chi connectivity index (χ1) is 15.0. The van der Waals surface area contributed by atoms with E-state index in [1.807, 2.05) is 0 Å². The summed E-state index contributed by atoms with van der Waals surface area (Å²) in [7, 11) is 0. The number of aliphatic hydroxyl groups is 1. The van der Waals surface area contributed by atoms with Crippen LogP contribution in [0.3, 0.4) is 0 Å². The minimum atomic E-state index is -0.116. The van der Waals surface area contributed by atoms with Gasteiger partial charge < -0.3 is 15.7 Å². The van der Waals surface area contributed by atoms with Crippen molar-refractivity contribution < 1.29 is 5.11 Å². The predicted molar refractivity (Wildman–Crippen MR) is 129 cm³/mol. The lowest BCUT2D eigenvalue weighted by Gasteiger charge is -2.29. The molecule has 5 nitrogen and oxygen atoms in total. The van der Waals surface area contributed by atoms with Crippen LogP contribution in [0.1, 0.15) is 50.3 Å². The van der Waals surface area contributed by atoms with E-state index < -0.39 is 0 Å². The van der Waals surface area contributed by atoms with Gasteiger partial charge in [-0.3, -0.25) is 4.90 Å². The molecule has 168 valence electrons. The minimum absolute atomic E-state index is 0.0175. The average Bonchev–Trinajstić information content (AvgIpc) is 2.79. The zero-order chi connectivity index (χ0) is 22.1. The zero-order valence-electron chi connectivity index (χ0n) is 19.3. The van der Waals surface area contributed by atoms with Crippen molar-refractivity contribution in [2.45, 2.75) is 58.2 Å². The molecule has 2 aromatic carbocycles. The van der Waals surface area contributed by atoms with Gasteiger partial charge in [-0.25, -0.2) is 4.99 Å². The number of aliphatic imine (C=N–C) groups is 1. The summed E-state index contributed by atoms with van der Waals surface area (Å²) in [5.41, 5.74) is 3.86. The Balaban J connectivity index is 1.53. The van der Waals surface area contributed by atoms with Gasteiger partial charge in [0.1, 0.15) is 0 Å². The highest BCUT2D eigenvalue weighted by molar-refractivity contribution is 5.79. The number of benzene rings is 2. The number of nitrogens with one attached hydrogen (secondary N) is 2. The first-order valence-electron chi connectivity index (χ1n) is 11.5. The van der Waals surface area contributed by atoms with Crippen LogP contribution in [0.2, 0.25) is 0 Å². The van der Waals surface area contributed by atoms with Gasteiger partial charge in [-0.2, -0.15) is 0 Å². The molecular weight excluding hydrogens is 384 g/mol.